The van der Waals surface area contributed by atoms with E-state index in [-0.39, 0.29) is 0 Å². The maximum atomic E-state index is 11.5. The van der Waals surface area contributed by atoms with Gasteiger partial charge < -0.3 is 10.5 Å². The van der Waals surface area contributed by atoms with Gasteiger partial charge >= 0.3 is 6.09 Å². The zero-order valence-electron chi connectivity index (χ0n) is 10.2. The summed E-state index contributed by atoms with van der Waals surface area (Å²) in [6.45, 7) is 5.80. The van der Waals surface area contributed by atoms with Crippen molar-refractivity contribution in [3.8, 4) is 0 Å². The molecule has 0 aromatic heterocycles. The molecule has 3 N–H and O–H groups in total. The van der Waals surface area contributed by atoms with Crippen LogP contribution < -0.4 is 11.1 Å². The van der Waals surface area contributed by atoms with Crippen LogP contribution in [0.3, 0.4) is 0 Å². The molecular weight excluding hydrogens is 240 g/mol. The van der Waals surface area contributed by atoms with Gasteiger partial charge in [-0.2, -0.15) is 0 Å². The molecule has 1 aromatic carbocycles. The molecule has 1 rings (SSSR count). The highest BCUT2D eigenvalue weighted by atomic mass is 35.5. The molecule has 0 aliphatic carbocycles. The van der Waals surface area contributed by atoms with Crippen molar-refractivity contribution in [2.45, 2.75) is 32.9 Å². The molecule has 4 nitrogen and oxygen atoms in total. The number of halogens is 1. The lowest BCUT2D eigenvalue weighted by Gasteiger charge is -2.20. The number of rotatable bonds is 2. The topological polar surface area (TPSA) is 64.3 Å². The van der Waals surface area contributed by atoms with Crippen LogP contribution in [0.1, 0.15) is 26.3 Å². The van der Waals surface area contributed by atoms with E-state index in [1.165, 1.54) is 0 Å². The van der Waals surface area contributed by atoms with Crippen molar-refractivity contribution >= 4 is 23.4 Å². The maximum absolute atomic E-state index is 11.5. The fourth-order valence-corrected chi connectivity index (χ4v) is 1.45. The molecule has 1 aromatic rings. The van der Waals surface area contributed by atoms with Crippen LogP contribution in [0.5, 0.6) is 0 Å². The van der Waals surface area contributed by atoms with Gasteiger partial charge in [-0.15, -0.1) is 0 Å². The third kappa shape index (κ3) is 4.63. The largest absolute Gasteiger partial charge is 0.444 e. The first-order chi connectivity index (χ1) is 7.81. The highest BCUT2D eigenvalue weighted by molar-refractivity contribution is 6.33. The van der Waals surface area contributed by atoms with E-state index in [9.17, 15) is 4.79 Å². The van der Waals surface area contributed by atoms with E-state index < -0.39 is 11.7 Å². The quantitative estimate of drug-likeness (QED) is 0.854. The van der Waals surface area contributed by atoms with Crippen LogP contribution in [0.25, 0.3) is 0 Å². The summed E-state index contributed by atoms with van der Waals surface area (Å²) in [5.41, 5.74) is 6.37. The monoisotopic (exact) mass is 256 g/mol. The Bertz CT molecular complexity index is 413. The number of nitrogens with two attached hydrogens (primary N) is 1. The molecule has 0 fully saturated rings. The number of amides is 1. The van der Waals surface area contributed by atoms with Gasteiger partial charge in [0, 0.05) is 6.54 Å². The molecule has 0 radical (unpaired) electrons. The number of carbonyl (C=O) groups is 1. The van der Waals surface area contributed by atoms with Gasteiger partial charge in [-0.05, 0) is 38.5 Å². The van der Waals surface area contributed by atoms with Gasteiger partial charge in [0.15, 0.2) is 0 Å². The molecule has 0 aliphatic heterocycles. The molecule has 0 heterocycles. The van der Waals surface area contributed by atoms with Gasteiger partial charge in [0.1, 0.15) is 5.60 Å². The minimum atomic E-state index is -0.534. The second-order valence-corrected chi connectivity index (χ2v) is 5.05. The van der Waals surface area contributed by atoms with E-state index in [1.807, 2.05) is 0 Å². The van der Waals surface area contributed by atoms with Crippen molar-refractivity contribution in [1.82, 2.24) is 0 Å². The van der Waals surface area contributed by atoms with Crippen LogP contribution in [0, 0.1) is 0 Å². The Kier molecular flexibility index (Phi) is 4.37. The molecule has 0 saturated heterocycles. The zero-order valence-corrected chi connectivity index (χ0v) is 11.0. The first-order valence-electron chi connectivity index (χ1n) is 5.30. The number of ether oxygens (including phenoxy) is 1. The number of anilines is 1. The standard InChI is InChI=1S/C12H17ClN2O2/c1-12(2,3)17-11(16)15-10-5-4-8(7-14)6-9(10)13/h4-6H,7,14H2,1-3H3,(H,15,16). The van der Waals surface area contributed by atoms with E-state index in [4.69, 9.17) is 22.1 Å². The smallest absolute Gasteiger partial charge is 0.412 e. The molecule has 0 unspecified atom stereocenters. The first-order valence-corrected chi connectivity index (χ1v) is 5.68. The summed E-state index contributed by atoms with van der Waals surface area (Å²) in [4.78, 5) is 11.5. The summed E-state index contributed by atoms with van der Waals surface area (Å²) in [6, 6.07) is 5.22. The average Bonchev–Trinajstić information content (AvgIpc) is 2.18. The Hall–Kier alpha value is -1.26. The third-order valence-electron chi connectivity index (χ3n) is 1.90. The predicted octanol–water partition coefficient (Wildman–Crippen LogP) is 3.15. The van der Waals surface area contributed by atoms with Gasteiger partial charge in [0.05, 0.1) is 10.7 Å². The summed E-state index contributed by atoms with van der Waals surface area (Å²) in [7, 11) is 0. The predicted molar refractivity (Wildman–Crippen MR) is 69.2 cm³/mol. The first kappa shape index (κ1) is 13.8. The fourth-order valence-electron chi connectivity index (χ4n) is 1.20. The summed E-state index contributed by atoms with van der Waals surface area (Å²) in [6.07, 6.45) is -0.528. The highest BCUT2D eigenvalue weighted by Crippen LogP contribution is 2.23. The Morgan fingerprint density at radius 3 is 2.59 bits per heavy atom. The summed E-state index contributed by atoms with van der Waals surface area (Å²) >= 11 is 6.00. The van der Waals surface area contributed by atoms with Gasteiger partial charge in [-0.3, -0.25) is 5.32 Å². The molecule has 17 heavy (non-hydrogen) atoms. The molecule has 0 saturated carbocycles. The number of benzene rings is 1. The van der Waals surface area contributed by atoms with Crippen LogP contribution in [0.2, 0.25) is 5.02 Å². The van der Waals surface area contributed by atoms with E-state index >= 15 is 0 Å². The molecule has 0 spiro atoms. The van der Waals surface area contributed by atoms with Crippen molar-refractivity contribution in [3.63, 3.8) is 0 Å². The van der Waals surface area contributed by atoms with E-state index in [2.05, 4.69) is 5.32 Å². The minimum Gasteiger partial charge on any atom is -0.444 e. The summed E-state index contributed by atoms with van der Waals surface area (Å²) in [5, 5.41) is 3.03. The number of carbonyl (C=O) groups excluding carboxylic acids is 1. The van der Waals surface area contributed by atoms with Crippen molar-refractivity contribution in [2.75, 3.05) is 5.32 Å². The molecule has 1 amide bonds. The lowest BCUT2D eigenvalue weighted by atomic mass is 10.2. The molecule has 0 aliphatic rings. The Labute approximate surface area is 106 Å². The normalized spacial score (nSPS) is 11.1. The molecule has 94 valence electrons. The fraction of sp³-hybridized carbons (Fsp3) is 0.417. The van der Waals surface area contributed by atoms with Crippen molar-refractivity contribution in [3.05, 3.63) is 28.8 Å². The third-order valence-corrected chi connectivity index (χ3v) is 2.22. The van der Waals surface area contributed by atoms with Crippen LogP contribution in [-0.4, -0.2) is 11.7 Å². The Morgan fingerprint density at radius 2 is 2.12 bits per heavy atom. The van der Waals surface area contributed by atoms with E-state index in [1.54, 1.807) is 39.0 Å². The number of nitrogens with one attached hydrogen (secondary N) is 1. The van der Waals surface area contributed by atoms with Gasteiger partial charge in [-0.1, -0.05) is 17.7 Å². The van der Waals surface area contributed by atoms with E-state index in [0.29, 0.717) is 17.3 Å². The summed E-state index contributed by atoms with van der Waals surface area (Å²) < 4.78 is 5.12. The lowest BCUT2D eigenvalue weighted by molar-refractivity contribution is 0.0636. The van der Waals surface area contributed by atoms with Crippen molar-refractivity contribution < 1.29 is 9.53 Å². The van der Waals surface area contributed by atoms with Crippen molar-refractivity contribution in [1.29, 1.82) is 0 Å². The molecular formula is C12H17ClN2O2. The van der Waals surface area contributed by atoms with Gasteiger partial charge in [0.25, 0.3) is 0 Å². The van der Waals surface area contributed by atoms with Crippen LogP contribution >= 0.6 is 11.6 Å². The minimum absolute atomic E-state index is 0.409. The van der Waals surface area contributed by atoms with Crippen LogP contribution in [0.4, 0.5) is 10.5 Å². The van der Waals surface area contributed by atoms with Crippen LogP contribution in [-0.2, 0) is 11.3 Å². The van der Waals surface area contributed by atoms with E-state index in [0.717, 1.165) is 5.56 Å². The van der Waals surface area contributed by atoms with Gasteiger partial charge in [-0.25, -0.2) is 4.79 Å². The summed E-state index contributed by atoms with van der Waals surface area (Å²) in [5.74, 6) is 0. The average molecular weight is 257 g/mol. The Balaban J connectivity index is 2.72. The molecule has 5 heteroatoms. The highest BCUT2D eigenvalue weighted by Gasteiger charge is 2.16. The SMILES string of the molecule is CC(C)(C)OC(=O)Nc1ccc(CN)cc1Cl. The molecule has 0 atom stereocenters. The maximum Gasteiger partial charge on any atom is 0.412 e. The second-order valence-electron chi connectivity index (χ2n) is 4.65. The van der Waals surface area contributed by atoms with Crippen molar-refractivity contribution in [2.24, 2.45) is 5.73 Å². The van der Waals surface area contributed by atoms with Gasteiger partial charge in [0.2, 0.25) is 0 Å². The zero-order chi connectivity index (χ0) is 13.1. The van der Waals surface area contributed by atoms with Crippen LogP contribution in [0.15, 0.2) is 18.2 Å². The second kappa shape index (κ2) is 5.38. The number of hydrogen-bond acceptors (Lipinski definition) is 3. The Morgan fingerprint density at radius 1 is 1.47 bits per heavy atom. The lowest BCUT2D eigenvalue weighted by Crippen LogP contribution is -2.27. The molecule has 0 bridgehead atoms. The number of hydrogen-bond donors (Lipinski definition) is 2.